The van der Waals surface area contributed by atoms with Gasteiger partial charge in [-0.15, -0.1) is 0 Å². The molecule has 0 radical (unpaired) electrons. The summed E-state index contributed by atoms with van der Waals surface area (Å²) >= 11 is 5.96. The number of carbonyl (C=O) groups is 1. The fraction of sp³-hybridized carbons (Fsp3) is 0.208. The zero-order chi connectivity index (χ0) is 23.1. The molecular weight excluding hydrogens is 448 g/mol. The number of ether oxygens (including phenoxy) is 1. The Morgan fingerprint density at radius 1 is 1.03 bits per heavy atom. The van der Waals surface area contributed by atoms with E-state index < -0.39 is 15.9 Å². The minimum absolute atomic E-state index is 0.0336. The van der Waals surface area contributed by atoms with Gasteiger partial charge < -0.3 is 10.1 Å². The second-order valence-electron chi connectivity index (χ2n) is 7.37. The number of anilines is 1. The predicted molar refractivity (Wildman–Crippen MR) is 127 cm³/mol. The van der Waals surface area contributed by atoms with Crippen LogP contribution in [-0.4, -0.2) is 27.5 Å². The van der Waals surface area contributed by atoms with Crippen LogP contribution in [0.2, 0.25) is 5.02 Å². The van der Waals surface area contributed by atoms with Crippen LogP contribution in [0.15, 0.2) is 77.7 Å². The van der Waals surface area contributed by atoms with E-state index in [1.807, 2.05) is 37.3 Å². The topological polar surface area (TPSA) is 84.5 Å². The lowest BCUT2D eigenvalue weighted by molar-refractivity contribution is 0.102. The highest BCUT2D eigenvalue weighted by molar-refractivity contribution is 7.89. The van der Waals surface area contributed by atoms with Gasteiger partial charge in [-0.2, -0.15) is 0 Å². The van der Waals surface area contributed by atoms with Gasteiger partial charge >= 0.3 is 0 Å². The molecule has 0 heterocycles. The fourth-order valence-corrected chi connectivity index (χ4v) is 4.69. The summed E-state index contributed by atoms with van der Waals surface area (Å²) in [4.78, 5) is 12.6. The summed E-state index contributed by atoms with van der Waals surface area (Å²) in [7, 11) is -2.35. The number of methoxy groups -OCH3 is 1. The number of aryl methyl sites for hydroxylation is 1. The molecule has 1 atom stereocenters. The molecule has 32 heavy (non-hydrogen) atoms. The number of rotatable bonds is 9. The van der Waals surface area contributed by atoms with Crippen molar-refractivity contribution in [1.82, 2.24) is 4.72 Å². The van der Waals surface area contributed by atoms with Crippen LogP contribution in [0.1, 0.15) is 29.3 Å². The van der Waals surface area contributed by atoms with Gasteiger partial charge in [0.1, 0.15) is 5.75 Å². The summed E-state index contributed by atoms with van der Waals surface area (Å²) in [5, 5.41) is 3.13. The van der Waals surface area contributed by atoms with E-state index in [2.05, 4.69) is 10.0 Å². The van der Waals surface area contributed by atoms with E-state index in [0.717, 1.165) is 12.0 Å². The van der Waals surface area contributed by atoms with Gasteiger partial charge in [-0.3, -0.25) is 4.79 Å². The van der Waals surface area contributed by atoms with Crippen LogP contribution in [0.3, 0.4) is 0 Å². The van der Waals surface area contributed by atoms with Crippen molar-refractivity contribution in [2.45, 2.75) is 30.7 Å². The van der Waals surface area contributed by atoms with Gasteiger partial charge in [-0.1, -0.05) is 48.0 Å². The van der Waals surface area contributed by atoms with Gasteiger partial charge in [-0.25, -0.2) is 13.1 Å². The molecule has 168 valence electrons. The molecule has 0 unspecified atom stereocenters. The van der Waals surface area contributed by atoms with Crippen molar-refractivity contribution in [2.75, 3.05) is 12.4 Å². The Kier molecular flexibility index (Phi) is 7.90. The minimum Gasteiger partial charge on any atom is -0.495 e. The van der Waals surface area contributed by atoms with Crippen molar-refractivity contribution in [3.05, 3.63) is 88.9 Å². The number of hydrogen-bond donors (Lipinski definition) is 2. The molecule has 1 amide bonds. The summed E-state index contributed by atoms with van der Waals surface area (Å²) in [5.41, 5.74) is 1.74. The minimum atomic E-state index is -3.80. The number of amides is 1. The first kappa shape index (κ1) is 23.8. The number of hydrogen-bond acceptors (Lipinski definition) is 4. The first-order valence-corrected chi connectivity index (χ1v) is 12.0. The number of carbonyl (C=O) groups excluding carboxylic acids is 1. The molecule has 2 N–H and O–H groups in total. The summed E-state index contributed by atoms with van der Waals surface area (Å²) in [6.07, 6.45) is 1.41. The van der Waals surface area contributed by atoms with Gasteiger partial charge in [0, 0.05) is 16.6 Å². The van der Waals surface area contributed by atoms with Crippen LogP contribution < -0.4 is 14.8 Å². The monoisotopic (exact) mass is 472 g/mol. The van der Waals surface area contributed by atoms with Crippen molar-refractivity contribution in [1.29, 1.82) is 0 Å². The van der Waals surface area contributed by atoms with Gasteiger partial charge in [0.05, 0.1) is 17.7 Å². The van der Waals surface area contributed by atoms with Gasteiger partial charge in [0.15, 0.2) is 0 Å². The maximum atomic E-state index is 12.9. The first-order chi connectivity index (χ1) is 15.3. The van der Waals surface area contributed by atoms with E-state index in [4.69, 9.17) is 16.3 Å². The first-order valence-electron chi connectivity index (χ1n) is 10.1. The fourth-order valence-electron chi connectivity index (χ4n) is 3.20. The van der Waals surface area contributed by atoms with Gasteiger partial charge in [-0.05, 0) is 61.7 Å². The summed E-state index contributed by atoms with van der Waals surface area (Å²) < 4.78 is 33.8. The van der Waals surface area contributed by atoms with Crippen LogP contribution in [0.5, 0.6) is 5.75 Å². The zero-order valence-corrected chi connectivity index (χ0v) is 19.4. The van der Waals surface area contributed by atoms with E-state index in [-0.39, 0.29) is 16.6 Å². The highest BCUT2D eigenvalue weighted by Crippen LogP contribution is 2.28. The van der Waals surface area contributed by atoms with Gasteiger partial charge in [0.2, 0.25) is 10.0 Å². The quantitative estimate of drug-likeness (QED) is 0.464. The van der Waals surface area contributed by atoms with E-state index in [9.17, 15) is 13.2 Å². The SMILES string of the molecule is COc1ccc(S(=O)(=O)N[C@H](C)CCc2ccccc2)cc1NC(=O)c1cccc(Cl)c1. The molecule has 0 saturated carbocycles. The molecule has 8 heteroatoms. The summed E-state index contributed by atoms with van der Waals surface area (Å²) in [6, 6.07) is 20.4. The lowest BCUT2D eigenvalue weighted by Gasteiger charge is -2.16. The van der Waals surface area contributed by atoms with Crippen molar-refractivity contribution >= 4 is 33.2 Å². The van der Waals surface area contributed by atoms with Crippen LogP contribution in [0.4, 0.5) is 5.69 Å². The third-order valence-electron chi connectivity index (χ3n) is 4.88. The van der Waals surface area contributed by atoms with Crippen molar-refractivity contribution in [2.24, 2.45) is 0 Å². The molecule has 0 aliphatic carbocycles. The third kappa shape index (κ3) is 6.32. The smallest absolute Gasteiger partial charge is 0.255 e. The number of halogens is 1. The van der Waals surface area contributed by atoms with Crippen molar-refractivity contribution < 1.29 is 17.9 Å². The van der Waals surface area contributed by atoms with Crippen LogP contribution in [-0.2, 0) is 16.4 Å². The Hall–Kier alpha value is -2.87. The average molecular weight is 473 g/mol. The van der Waals surface area contributed by atoms with Crippen LogP contribution >= 0.6 is 11.6 Å². The van der Waals surface area contributed by atoms with E-state index in [1.54, 1.807) is 18.2 Å². The molecule has 0 aliphatic heterocycles. The highest BCUT2D eigenvalue weighted by atomic mass is 35.5. The zero-order valence-electron chi connectivity index (χ0n) is 17.8. The van der Waals surface area contributed by atoms with Crippen LogP contribution in [0.25, 0.3) is 0 Å². The molecule has 0 saturated heterocycles. The molecular formula is C24H25ClN2O4S. The lowest BCUT2D eigenvalue weighted by Crippen LogP contribution is -2.33. The van der Waals surface area contributed by atoms with Crippen molar-refractivity contribution in [3.63, 3.8) is 0 Å². The summed E-state index contributed by atoms with van der Waals surface area (Å²) in [5.74, 6) is -0.0824. The molecule has 0 bridgehead atoms. The molecule has 3 aromatic carbocycles. The van der Waals surface area contributed by atoms with Gasteiger partial charge in [0.25, 0.3) is 5.91 Å². The molecule has 3 rings (SSSR count). The number of benzene rings is 3. The summed E-state index contributed by atoms with van der Waals surface area (Å²) in [6.45, 7) is 1.83. The molecule has 0 spiro atoms. The Morgan fingerprint density at radius 3 is 2.47 bits per heavy atom. The molecule has 0 fully saturated rings. The third-order valence-corrected chi connectivity index (χ3v) is 6.70. The number of sulfonamides is 1. The Balaban J connectivity index is 1.74. The second kappa shape index (κ2) is 10.6. The maximum absolute atomic E-state index is 12.9. The highest BCUT2D eigenvalue weighted by Gasteiger charge is 2.20. The van der Waals surface area contributed by atoms with Crippen LogP contribution in [0, 0.1) is 0 Å². The maximum Gasteiger partial charge on any atom is 0.255 e. The average Bonchev–Trinajstić information content (AvgIpc) is 2.78. The normalized spacial score (nSPS) is 12.2. The largest absolute Gasteiger partial charge is 0.495 e. The molecule has 3 aromatic rings. The lowest BCUT2D eigenvalue weighted by atomic mass is 10.1. The standard InChI is InChI=1S/C24H25ClN2O4S/c1-17(11-12-18-7-4-3-5-8-18)27-32(29,30)21-13-14-23(31-2)22(16-21)26-24(28)19-9-6-10-20(25)15-19/h3-10,13-17,27H,11-12H2,1-2H3,(H,26,28)/t17-/m1/s1. The van der Waals surface area contributed by atoms with E-state index >= 15 is 0 Å². The van der Waals surface area contributed by atoms with E-state index in [1.165, 1.54) is 31.4 Å². The number of nitrogens with one attached hydrogen (secondary N) is 2. The molecule has 0 aromatic heterocycles. The Morgan fingerprint density at radius 2 is 1.78 bits per heavy atom. The van der Waals surface area contributed by atoms with Crippen molar-refractivity contribution in [3.8, 4) is 5.75 Å². The Labute approximate surface area is 193 Å². The predicted octanol–water partition coefficient (Wildman–Crippen LogP) is 4.90. The Bertz CT molecular complexity index is 1180. The molecule has 6 nitrogen and oxygen atoms in total. The second-order valence-corrected chi connectivity index (χ2v) is 9.52. The van der Waals surface area contributed by atoms with E-state index in [0.29, 0.717) is 22.8 Å². The molecule has 0 aliphatic rings.